The minimum Gasteiger partial charge on any atom is -0.373 e. The summed E-state index contributed by atoms with van der Waals surface area (Å²) in [6, 6.07) is 3.98. The monoisotopic (exact) mass is 269 g/mol. The molecule has 0 spiro atoms. The fraction of sp³-hybridized carbons (Fsp3) is 0.111. The summed E-state index contributed by atoms with van der Waals surface area (Å²) >= 11 is 5.07. The number of anilines is 1. The van der Waals surface area contributed by atoms with Gasteiger partial charge in [-0.3, -0.25) is 0 Å². The molecular formula is C9H8BrN3S. The molecule has 0 bridgehead atoms. The summed E-state index contributed by atoms with van der Waals surface area (Å²) in [4.78, 5) is 9.41. The second kappa shape index (κ2) is 4.06. The van der Waals surface area contributed by atoms with E-state index in [1.165, 1.54) is 0 Å². The largest absolute Gasteiger partial charge is 0.373 e. The minimum atomic E-state index is 0.833. The Morgan fingerprint density at radius 2 is 2.21 bits per heavy atom. The average Bonchev–Trinajstić information content (AvgIpc) is 2.65. The lowest BCUT2D eigenvalue weighted by Gasteiger charge is -1.99. The van der Waals surface area contributed by atoms with Crippen LogP contribution in [-0.2, 0) is 0 Å². The van der Waals surface area contributed by atoms with E-state index in [9.17, 15) is 0 Å². The molecule has 0 aliphatic rings. The first-order chi connectivity index (χ1) is 6.79. The first-order valence-electron chi connectivity index (χ1n) is 4.04. The van der Waals surface area contributed by atoms with Crippen molar-refractivity contribution in [2.45, 2.75) is 0 Å². The van der Waals surface area contributed by atoms with Crippen molar-refractivity contribution in [3.05, 3.63) is 28.3 Å². The predicted octanol–water partition coefficient (Wildman–Crippen LogP) is 3.01. The second-order valence-corrected chi connectivity index (χ2v) is 4.49. The van der Waals surface area contributed by atoms with E-state index in [0.29, 0.717) is 0 Å². The zero-order chi connectivity index (χ0) is 9.97. The van der Waals surface area contributed by atoms with E-state index in [1.807, 2.05) is 24.6 Å². The van der Waals surface area contributed by atoms with Crippen LogP contribution in [0, 0.1) is 0 Å². The van der Waals surface area contributed by atoms with Gasteiger partial charge in [0.05, 0.1) is 10.6 Å². The van der Waals surface area contributed by atoms with Crippen LogP contribution in [0.3, 0.4) is 0 Å². The fourth-order valence-corrected chi connectivity index (χ4v) is 2.47. The van der Waals surface area contributed by atoms with Crippen LogP contribution in [0.5, 0.6) is 0 Å². The summed E-state index contributed by atoms with van der Waals surface area (Å²) in [7, 11) is 1.84. The van der Waals surface area contributed by atoms with Gasteiger partial charge >= 0.3 is 0 Å². The number of rotatable bonds is 2. The van der Waals surface area contributed by atoms with Crippen LogP contribution in [0.15, 0.2) is 28.3 Å². The number of hydrogen-bond acceptors (Lipinski definition) is 4. The fourth-order valence-electron chi connectivity index (χ4n) is 1.08. The molecule has 0 fully saturated rings. The Morgan fingerprint density at radius 3 is 2.86 bits per heavy atom. The van der Waals surface area contributed by atoms with E-state index in [2.05, 4.69) is 31.2 Å². The van der Waals surface area contributed by atoms with E-state index >= 15 is 0 Å². The van der Waals surface area contributed by atoms with Crippen LogP contribution in [-0.4, -0.2) is 17.0 Å². The number of hydrogen-bond donors (Lipinski definition) is 1. The summed E-state index contributed by atoms with van der Waals surface area (Å²) in [5, 5.41) is 5.02. The Morgan fingerprint density at radius 1 is 1.36 bits per heavy atom. The number of nitrogens with zero attached hydrogens (tertiary/aromatic N) is 2. The Hall–Kier alpha value is -0.940. The Labute approximate surface area is 94.4 Å². The van der Waals surface area contributed by atoms with Gasteiger partial charge in [0.1, 0.15) is 12.1 Å². The van der Waals surface area contributed by atoms with Gasteiger partial charge in [-0.1, -0.05) is 0 Å². The summed E-state index contributed by atoms with van der Waals surface area (Å²) in [6.07, 6.45) is 1.56. The lowest BCUT2D eigenvalue weighted by atomic mass is 10.3. The highest BCUT2D eigenvalue weighted by molar-refractivity contribution is 9.10. The van der Waals surface area contributed by atoms with Crippen LogP contribution >= 0.6 is 27.3 Å². The maximum Gasteiger partial charge on any atom is 0.129 e. The third kappa shape index (κ3) is 1.93. The molecule has 0 saturated heterocycles. The number of halogens is 1. The van der Waals surface area contributed by atoms with Crippen molar-refractivity contribution in [1.82, 2.24) is 9.97 Å². The van der Waals surface area contributed by atoms with Gasteiger partial charge in [-0.15, -0.1) is 11.3 Å². The molecule has 0 amide bonds. The van der Waals surface area contributed by atoms with Crippen molar-refractivity contribution in [2.24, 2.45) is 0 Å². The molecule has 0 saturated carbocycles. The minimum absolute atomic E-state index is 0.833. The number of nitrogens with one attached hydrogen (secondary N) is 1. The molecule has 3 nitrogen and oxygen atoms in total. The third-order valence-electron chi connectivity index (χ3n) is 1.74. The van der Waals surface area contributed by atoms with Crippen LogP contribution in [0.1, 0.15) is 0 Å². The van der Waals surface area contributed by atoms with Gasteiger partial charge in [0.25, 0.3) is 0 Å². The maximum atomic E-state index is 4.21. The summed E-state index contributed by atoms with van der Waals surface area (Å²) in [5.74, 6) is 0.833. The summed E-state index contributed by atoms with van der Waals surface area (Å²) < 4.78 is 1.09. The van der Waals surface area contributed by atoms with Crippen LogP contribution in [0.4, 0.5) is 5.82 Å². The predicted molar refractivity (Wildman–Crippen MR) is 62.6 cm³/mol. The van der Waals surface area contributed by atoms with E-state index in [1.54, 1.807) is 17.7 Å². The van der Waals surface area contributed by atoms with E-state index in [4.69, 9.17) is 0 Å². The number of thiophene rings is 1. The van der Waals surface area contributed by atoms with Crippen LogP contribution in [0.2, 0.25) is 0 Å². The highest BCUT2D eigenvalue weighted by Gasteiger charge is 2.03. The van der Waals surface area contributed by atoms with Crippen LogP contribution < -0.4 is 5.32 Å². The van der Waals surface area contributed by atoms with Crippen molar-refractivity contribution < 1.29 is 0 Å². The summed E-state index contributed by atoms with van der Waals surface area (Å²) in [6.45, 7) is 0. The van der Waals surface area contributed by atoms with E-state index in [0.717, 1.165) is 20.9 Å². The Balaban J connectivity index is 2.41. The zero-order valence-corrected chi connectivity index (χ0v) is 9.89. The van der Waals surface area contributed by atoms with Gasteiger partial charge in [0, 0.05) is 23.0 Å². The Bertz CT molecular complexity index is 441. The first kappa shape index (κ1) is 9.61. The SMILES string of the molecule is CNc1cc(-c2cc(Br)cs2)ncn1. The van der Waals surface area contributed by atoms with Gasteiger partial charge in [-0.2, -0.15) is 0 Å². The third-order valence-corrected chi connectivity index (χ3v) is 3.46. The van der Waals surface area contributed by atoms with Gasteiger partial charge in [-0.05, 0) is 22.0 Å². The molecular weight excluding hydrogens is 262 g/mol. The molecule has 2 aromatic heterocycles. The maximum absolute atomic E-state index is 4.21. The molecule has 0 unspecified atom stereocenters. The van der Waals surface area contributed by atoms with Crippen molar-refractivity contribution in [3.8, 4) is 10.6 Å². The highest BCUT2D eigenvalue weighted by Crippen LogP contribution is 2.28. The molecule has 0 aromatic carbocycles. The summed E-state index contributed by atoms with van der Waals surface area (Å²) in [5.41, 5.74) is 0.944. The standard InChI is InChI=1S/C9H8BrN3S/c1-11-9-3-7(12-5-13-9)8-2-6(10)4-14-8/h2-5H,1H3,(H,11,12,13). The van der Waals surface area contributed by atoms with Gasteiger partial charge < -0.3 is 5.32 Å². The smallest absolute Gasteiger partial charge is 0.129 e. The molecule has 0 aliphatic heterocycles. The van der Waals surface area contributed by atoms with Crippen LogP contribution in [0.25, 0.3) is 10.6 Å². The molecule has 0 aliphatic carbocycles. The van der Waals surface area contributed by atoms with Crippen molar-refractivity contribution in [3.63, 3.8) is 0 Å². The van der Waals surface area contributed by atoms with Gasteiger partial charge in [0.15, 0.2) is 0 Å². The highest BCUT2D eigenvalue weighted by atomic mass is 79.9. The molecule has 2 rings (SSSR count). The molecule has 2 heterocycles. The topological polar surface area (TPSA) is 37.8 Å². The molecule has 1 N–H and O–H groups in total. The van der Waals surface area contributed by atoms with Gasteiger partial charge in [0.2, 0.25) is 0 Å². The molecule has 0 radical (unpaired) electrons. The molecule has 2 aromatic rings. The lowest BCUT2D eigenvalue weighted by Crippen LogP contribution is -1.93. The van der Waals surface area contributed by atoms with Crippen molar-refractivity contribution >= 4 is 33.1 Å². The zero-order valence-electron chi connectivity index (χ0n) is 7.49. The van der Waals surface area contributed by atoms with Crippen molar-refractivity contribution in [1.29, 1.82) is 0 Å². The molecule has 72 valence electrons. The van der Waals surface area contributed by atoms with E-state index < -0.39 is 0 Å². The first-order valence-corrected chi connectivity index (χ1v) is 5.71. The molecule has 0 atom stereocenters. The second-order valence-electron chi connectivity index (χ2n) is 2.67. The average molecular weight is 270 g/mol. The molecule has 5 heteroatoms. The normalized spacial score (nSPS) is 10.1. The van der Waals surface area contributed by atoms with Gasteiger partial charge in [-0.25, -0.2) is 9.97 Å². The van der Waals surface area contributed by atoms with Crippen molar-refractivity contribution in [2.75, 3.05) is 12.4 Å². The van der Waals surface area contributed by atoms with E-state index in [-0.39, 0.29) is 0 Å². The molecule has 14 heavy (non-hydrogen) atoms. The number of aromatic nitrogens is 2. The lowest BCUT2D eigenvalue weighted by molar-refractivity contribution is 1.17. The Kier molecular flexibility index (Phi) is 2.79. The quantitative estimate of drug-likeness (QED) is 0.911.